The van der Waals surface area contributed by atoms with Crippen molar-refractivity contribution in [1.29, 1.82) is 0 Å². The highest BCUT2D eigenvalue weighted by atomic mass is 32.2. The molecular formula is C14H16FN3O4S. The molecule has 1 amide bonds. The van der Waals surface area contributed by atoms with Crippen LogP contribution in [0.2, 0.25) is 0 Å². The van der Waals surface area contributed by atoms with Gasteiger partial charge < -0.3 is 9.84 Å². The van der Waals surface area contributed by atoms with Gasteiger partial charge >= 0.3 is 0 Å². The van der Waals surface area contributed by atoms with E-state index in [1.165, 1.54) is 26.0 Å². The van der Waals surface area contributed by atoms with Crippen LogP contribution in [-0.4, -0.2) is 26.0 Å². The number of benzene rings is 1. The van der Waals surface area contributed by atoms with Crippen molar-refractivity contribution in [3.05, 3.63) is 47.1 Å². The Hall–Kier alpha value is -2.26. The van der Waals surface area contributed by atoms with Crippen LogP contribution in [-0.2, 0) is 21.4 Å². The molecule has 0 unspecified atom stereocenters. The molecule has 0 saturated carbocycles. The van der Waals surface area contributed by atoms with Gasteiger partial charge in [0, 0.05) is 12.1 Å². The molecule has 1 aromatic carbocycles. The predicted molar refractivity (Wildman–Crippen MR) is 79.4 cm³/mol. The van der Waals surface area contributed by atoms with Crippen LogP contribution in [0, 0.1) is 19.7 Å². The first-order valence-electron chi connectivity index (χ1n) is 6.74. The molecule has 0 aliphatic carbocycles. The van der Waals surface area contributed by atoms with E-state index in [-0.39, 0.29) is 22.9 Å². The zero-order chi connectivity index (χ0) is 17.0. The molecule has 0 spiro atoms. The largest absolute Gasteiger partial charge is 0.360 e. The second kappa shape index (κ2) is 6.88. The van der Waals surface area contributed by atoms with Crippen molar-refractivity contribution in [2.24, 2.45) is 0 Å². The number of aryl methyl sites for hydroxylation is 2. The lowest BCUT2D eigenvalue weighted by atomic mass is 10.2. The molecule has 2 N–H and O–H groups in total. The number of carbonyl (C=O) groups is 1. The Morgan fingerprint density at radius 3 is 2.61 bits per heavy atom. The maximum absolute atomic E-state index is 13.4. The molecule has 0 saturated heterocycles. The Bertz CT molecular complexity index is 798. The van der Waals surface area contributed by atoms with Crippen LogP contribution in [0.3, 0.4) is 0 Å². The minimum atomic E-state index is -3.91. The summed E-state index contributed by atoms with van der Waals surface area (Å²) in [5, 5.41) is 6.00. The third-order valence-electron chi connectivity index (χ3n) is 3.09. The number of hydrogen-bond acceptors (Lipinski definition) is 5. The van der Waals surface area contributed by atoms with E-state index in [9.17, 15) is 17.6 Å². The summed E-state index contributed by atoms with van der Waals surface area (Å²) < 4.78 is 44.6. The van der Waals surface area contributed by atoms with Gasteiger partial charge in [-0.1, -0.05) is 23.4 Å². The third kappa shape index (κ3) is 4.14. The van der Waals surface area contributed by atoms with Gasteiger partial charge in [0.25, 0.3) is 0 Å². The summed E-state index contributed by atoms with van der Waals surface area (Å²) in [6, 6.07) is 5.99. The molecule has 1 aromatic heterocycles. The van der Waals surface area contributed by atoms with Gasteiger partial charge in [-0.25, -0.2) is 17.5 Å². The SMILES string of the molecule is Cc1noc(C)c1S(=O)(=O)NCC(=O)NCc1ccccc1F. The summed E-state index contributed by atoms with van der Waals surface area (Å²) in [7, 11) is -3.91. The van der Waals surface area contributed by atoms with Crippen molar-refractivity contribution in [3.63, 3.8) is 0 Å². The van der Waals surface area contributed by atoms with Crippen LogP contribution in [0.25, 0.3) is 0 Å². The fourth-order valence-electron chi connectivity index (χ4n) is 1.99. The topological polar surface area (TPSA) is 101 Å². The quantitative estimate of drug-likeness (QED) is 0.817. The van der Waals surface area contributed by atoms with Gasteiger partial charge in [-0.2, -0.15) is 0 Å². The number of amides is 1. The van der Waals surface area contributed by atoms with E-state index in [1.54, 1.807) is 12.1 Å². The van der Waals surface area contributed by atoms with Crippen molar-refractivity contribution in [2.45, 2.75) is 25.3 Å². The van der Waals surface area contributed by atoms with Crippen LogP contribution in [0.5, 0.6) is 0 Å². The Morgan fingerprint density at radius 2 is 2.00 bits per heavy atom. The summed E-state index contributed by atoms with van der Waals surface area (Å²) in [4.78, 5) is 11.6. The molecule has 0 bridgehead atoms. The van der Waals surface area contributed by atoms with Gasteiger partial charge in [0.1, 0.15) is 16.4 Å². The van der Waals surface area contributed by atoms with Crippen molar-refractivity contribution >= 4 is 15.9 Å². The average Bonchev–Trinajstić information content (AvgIpc) is 2.84. The second-order valence-corrected chi connectivity index (χ2v) is 6.55. The number of carbonyl (C=O) groups excluding carboxylic acids is 1. The van der Waals surface area contributed by atoms with Gasteiger partial charge in [-0.15, -0.1) is 0 Å². The highest BCUT2D eigenvalue weighted by molar-refractivity contribution is 7.89. The van der Waals surface area contributed by atoms with E-state index in [1.807, 2.05) is 0 Å². The van der Waals surface area contributed by atoms with E-state index >= 15 is 0 Å². The minimum absolute atomic E-state index is 0.0292. The van der Waals surface area contributed by atoms with E-state index in [2.05, 4.69) is 15.2 Å². The Kier molecular flexibility index (Phi) is 5.12. The van der Waals surface area contributed by atoms with Crippen LogP contribution in [0.1, 0.15) is 17.0 Å². The maximum Gasteiger partial charge on any atom is 0.246 e. The summed E-state index contributed by atoms with van der Waals surface area (Å²) in [6.45, 7) is 2.45. The summed E-state index contributed by atoms with van der Waals surface area (Å²) in [6.07, 6.45) is 0. The van der Waals surface area contributed by atoms with Crippen LogP contribution in [0.15, 0.2) is 33.7 Å². The molecule has 0 aliphatic rings. The highest BCUT2D eigenvalue weighted by Crippen LogP contribution is 2.18. The first-order valence-corrected chi connectivity index (χ1v) is 8.22. The zero-order valence-electron chi connectivity index (χ0n) is 12.6. The molecule has 9 heteroatoms. The number of nitrogens with zero attached hydrogens (tertiary/aromatic N) is 1. The molecule has 0 radical (unpaired) electrons. The molecule has 0 atom stereocenters. The fourth-order valence-corrected chi connectivity index (χ4v) is 3.30. The Morgan fingerprint density at radius 1 is 1.30 bits per heavy atom. The van der Waals surface area contributed by atoms with E-state index in [4.69, 9.17) is 4.52 Å². The van der Waals surface area contributed by atoms with E-state index in [0.29, 0.717) is 5.56 Å². The monoisotopic (exact) mass is 341 g/mol. The van der Waals surface area contributed by atoms with E-state index in [0.717, 1.165) is 0 Å². The van der Waals surface area contributed by atoms with Crippen LogP contribution < -0.4 is 10.0 Å². The van der Waals surface area contributed by atoms with Crippen LogP contribution in [0.4, 0.5) is 4.39 Å². The second-order valence-electron chi connectivity index (χ2n) is 4.85. The molecule has 1 heterocycles. The number of aromatic nitrogens is 1. The van der Waals surface area contributed by atoms with Gasteiger partial charge in [0.15, 0.2) is 5.76 Å². The van der Waals surface area contributed by atoms with Gasteiger partial charge in [-0.05, 0) is 19.9 Å². The average molecular weight is 341 g/mol. The van der Waals surface area contributed by atoms with Gasteiger partial charge in [-0.3, -0.25) is 4.79 Å². The standard InChI is InChI=1S/C14H16FN3O4S/c1-9-14(10(2)22-18-9)23(20,21)17-8-13(19)16-7-11-5-3-4-6-12(11)15/h3-6,17H,7-8H2,1-2H3,(H,16,19). The summed E-state index contributed by atoms with van der Waals surface area (Å²) in [5.41, 5.74) is 0.524. The highest BCUT2D eigenvalue weighted by Gasteiger charge is 2.24. The van der Waals surface area contributed by atoms with E-state index < -0.39 is 28.3 Å². The molecule has 124 valence electrons. The smallest absolute Gasteiger partial charge is 0.246 e. The minimum Gasteiger partial charge on any atom is -0.360 e. The summed E-state index contributed by atoms with van der Waals surface area (Å²) >= 11 is 0. The molecule has 2 aromatic rings. The van der Waals surface area contributed by atoms with Gasteiger partial charge in [0.2, 0.25) is 15.9 Å². The lowest BCUT2D eigenvalue weighted by Gasteiger charge is -2.08. The molecule has 0 aliphatic heterocycles. The molecule has 0 fully saturated rings. The number of hydrogen-bond donors (Lipinski definition) is 2. The first-order chi connectivity index (χ1) is 10.8. The number of nitrogens with one attached hydrogen (secondary N) is 2. The zero-order valence-corrected chi connectivity index (χ0v) is 13.4. The Labute approximate surface area is 132 Å². The fraction of sp³-hybridized carbons (Fsp3) is 0.286. The van der Waals surface area contributed by atoms with Crippen molar-refractivity contribution in [2.75, 3.05) is 6.54 Å². The lowest BCUT2D eigenvalue weighted by Crippen LogP contribution is -2.37. The molecular weight excluding hydrogens is 325 g/mol. The van der Waals surface area contributed by atoms with Crippen molar-refractivity contribution in [1.82, 2.24) is 15.2 Å². The van der Waals surface area contributed by atoms with Crippen molar-refractivity contribution < 1.29 is 22.1 Å². The Balaban J connectivity index is 1.93. The normalized spacial score (nSPS) is 11.4. The lowest BCUT2D eigenvalue weighted by molar-refractivity contribution is -0.120. The van der Waals surface area contributed by atoms with Gasteiger partial charge in [0.05, 0.1) is 6.54 Å². The molecule has 23 heavy (non-hydrogen) atoms. The molecule has 7 nitrogen and oxygen atoms in total. The first kappa shape index (κ1) is 17.1. The number of sulfonamides is 1. The summed E-state index contributed by atoms with van der Waals surface area (Å²) in [5.74, 6) is -0.880. The molecule has 2 rings (SSSR count). The predicted octanol–water partition coefficient (Wildman–Crippen LogP) is 1.03. The van der Waals surface area contributed by atoms with Crippen molar-refractivity contribution in [3.8, 4) is 0 Å². The number of halogens is 1. The maximum atomic E-state index is 13.4. The van der Waals surface area contributed by atoms with Crippen LogP contribution >= 0.6 is 0 Å². The third-order valence-corrected chi connectivity index (χ3v) is 4.74. The number of rotatable bonds is 6.